The fourth-order valence-corrected chi connectivity index (χ4v) is 3.83. The number of rotatable bonds is 7. The van der Waals surface area contributed by atoms with Gasteiger partial charge in [-0.25, -0.2) is 4.98 Å². The molecule has 0 spiro atoms. The van der Waals surface area contributed by atoms with Gasteiger partial charge in [-0.05, 0) is 35.7 Å². The average molecular weight is 511 g/mol. The monoisotopic (exact) mass is 511 g/mol. The van der Waals surface area contributed by atoms with Crippen molar-refractivity contribution in [2.75, 3.05) is 22.6 Å². The molecule has 10 nitrogen and oxygen atoms in total. The standard InChI is InChI=1S/C24H20F3N7O3/c25-24(26,27)22-34-33-21(37-22)16-11-28-23(29-15-7-8-17-14(10-15)6-9-19(36)30-17)32-20(16)31-18(12-35)13-4-2-1-3-5-13/h1-5,7-8,10-11,18,35H,6,9,12H2,(H,30,36)(H2,28,29,31,32)/t18-/m1/s1. The third-order valence-electron chi connectivity index (χ3n) is 5.64. The number of aliphatic hydroxyl groups excluding tert-OH is 1. The van der Waals surface area contributed by atoms with Gasteiger partial charge in [-0.3, -0.25) is 4.79 Å². The molecule has 1 aliphatic heterocycles. The summed E-state index contributed by atoms with van der Waals surface area (Å²) < 4.78 is 44.0. The highest BCUT2D eigenvalue weighted by atomic mass is 19.4. The van der Waals surface area contributed by atoms with E-state index < -0.39 is 24.0 Å². The lowest BCUT2D eigenvalue weighted by molar-refractivity contribution is -0.157. The predicted octanol–water partition coefficient (Wildman–Crippen LogP) is 4.32. The van der Waals surface area contributed by atoms with Crippen molar-refractivity contribution in [3.05, 3.63) is 71.7 Å². The normalized spacial score (nSPS) is 14.0. The number of carbonyl (C=O) groups is 1. The number of halogens is 3. The second kappa shape index (κ2) is 9.85. The second-order valence-electron chi connectivity index (χ2n) is 8.20. The molecule has 1 amide bonds. The number of aryl methyl sites for hydroxylation is 1. The zero-order chi connectivity index (χ0) is 26.0. The maximum atomic E-state index is 13.0. The van der Waals surface area contributed by atoms with Gasteiger partial charge in [0, 0.05) is 24.0 Å². The van der Waals surface area contributed by atoms with Gasteiger partial charge >= 0.3 is 12.1 Å². The van der Waals surface area contributed by atoms with E-state index in [4.69, 9.17) is 4.42 Å². The van der Waals surface area contributed by atoms with E-state index >= 15 is 0 Å². The van der Waals surface area contributed by atoms with E-state index in [-0.39, 0.29) is 29.8 Å². The minimum atomic E-state index is -4.81. The third-order valence-corrected chi connectivity index (χ3v) is 5.64. The number of hydrogen-bond donors (Lipinski definition) is 4. The largest absolute Gasteiger partial charge is 0.470 e. The number of hydrogen-bond acceptors (Lipinski definition) is 9. The van der Waals surface area contributed by atoms with Crippen molar-refractivity contribution < 1.29 is 27.5 Å². The van der Waals surface area contributed by atoms with Crippen LogP contribution in [0.2, 0.25) is 0 Å². The highest BCUT2D eigenvalue weighted by Gasteiger charge is 2.38. The van der Waals surface area contributed by atoms with Crippen molar-refractivity contribution in [1.29, 1.82) is 0 Å². The Balaban J connectivity index is 1.49. The summed E-state index contributed by atoms with van der Waals surface area (Å²) in [6, 6.07) is 13.7. The van der Waals surface area contributed by atoms with E-state index in [2.05, 4.69) is 36.1 Å². The minimum absolute atomic E-state index is 0.0242. The molecule has 5 rings (SSSR count). The van der Waals surface area contributed by atoms with Crippen LogP contribution in [0, 0.1) is 0 Å². The molecule has 0 saturated heterocycles. The number of alkyl halides is 3. The van der Waals surface area contributed by atoms with Gasteiger partial charge in [-0.2, -0.15) is 18.2 Å². The number of fused-ring (bicyclic) bond motifs is 1. The van der Waals surface area contributed by atoms with Gasteiger partial charge in [-0.15, -0.1) is 10.2 Å². The van der Waals surface area contributed by atoms with Crippen molar-refractivity contribution in [3.8, 4) is 11.5 Å². The lowest BCUT2D eigenvalue weighted by atomic mass is 10.0. The van der Waals surface area contributed by atoms with E-state index in [0.717, 1.165) is 16.8 Å². The molecule has 1 aliphatic rings. The predicted molar refractivity (Wildman–Crippen MR) is 127 cm³/mol. The molecular weight excluding hydrogens is 491 g/mol. The van der Waals surface area contributed by atoms with Crippen molar-refractivity contribution >= 4 is 29.0 Å². The van der Waals surface area contributed by atoms with Gasteiger partial charge in [-0.1, -0.05) is 30.3 Å². The van der Waals surface area contributed by atoms with E-state index in [1.54, 1.807) is 36.4 Å². The molecule has 190 valence electrons. The Morgan fingerprint density at radius 2 is 1.92 bits per heavy atom. The quantitative estimate of drug-likeness (QED) is 0.286. The Morgan fingerprint density at radius 1 is 1.11 bits per heavy atom. The van der Waals surface area contributed by atoms with Crippen LogP contribution in [0.25, 0.3) is 11.5 Å². The van der Waals surface area contributed by atoms with Crippen LogP contribution in [0.4, 0.5) is 36.3 Å². The topological polar surface area (TPSA) is 138 Å². The van der Waals surface area contributed by atoms with E-state index in [9.17, 15) is 23.1 Å². The summed E-state index contributed by atoms with van der Waals surface area (Å²) in [4.78, 5) is 20.2. The summed E-state index contributed by atoms with van der Waals surface area (Å²) in [5, 5.41) is 25.5. The van der Waals surface area contributed by atoms with Gasteiger partial charge in [0.25, 0.3) is 5.89 Å². The smallest absolute Gasteiger partial charge is 0.412 e. The third kappa shape index (κ3) is 5.35. The summed E-state index contributed by atoms with van der Waals surface area (Å²) in [7, 11) is 0. The highest BCUT2D eigenvalue weighted by molar-refractivity contribution is 5.94. The number of amides is 1. The van der Waals surface area contributed by atoms with Crippen LogP contribution < -0.4 is 16.0 Å². The van der Waals surface area contributed by atoms with Crippen molar-refractivity contribution in [1.82, 2.24) is 20.2 Å². The van der Waals surface area contributed by atoms with Crippen LogP contribution in [0.5, 0.6) is 0 Å². The molecule has 2 aromatic heterocycles. The Morgan fingerprint density at radius 3 is 2.65 bits per heavy atom. The van der Waals surface area contributed by atoms with Crippen LogP contribution in [-0.2, 0) is 17.4 Å². The first-order chi connectivity index (χ1) is 17.8. The fourth-order valence-electron chi connectivity index (χ4n) is 3.83. The Kier molecular flexibility index (Phi) is 6.44. The maximum absolute atomic E-state index is 13.0. The first kappa shape index (κ1) is 24.2. The number of benzene rings is 2. The summed E-state index contributed by atoms with van der Waals surface area (Å²) >= 11 is 0. The van der Waals surface area contributed by atoms with Crippen LogP contribution in [0.15, 0.2) is 59.1 Å². The molecule has 37 heavy (non-hydrogen) atoms. The molecule has 0 unspecified atom stereocenters. The van der Waals surface area contributed by atoms with Gasteiger partial charge in [0.2, 0.25) is 11.9 Å². The van der Waals surface area contributed by atoms with Gasteiger partial charge < -0.3 is 25.5 Å². The summed E-state index contributed by atoms with van der Waals surface area (Å²) in [5.74, 6) is -1.78. The molecule has 1 atom stereocenters. The SMILES string of the molecule is O=C1CCc2cc(Nc3ncc(-c4nnc(C(F)(F)F)o4)c(N[C@H](CO)c4ccccc4)n3)ccc2N1. The number of aliphatic hydroxyl groups is 1. The first-order valence-electron chi connectivity index (χ1n) is 11.2. The number of carbonyl (C=O) groups excluding carboxylic acids is 1. The summed E-state index contributed by atoms with van der Waals surface area (Å²) in [6.45, 7) is -0.329. The van der Waals surface area contributed by atoms with Crippen LogP contribution in [0.1, 0.15) is 29.5 Å². The summed E-state index contributed by atoms with van der Waals surface area (Å²) in [5.41, 5.74) is 3.06. The lowest BCUT2D eigenvalue weighted by Crippen LogP contribution is -2.19. The number of anilines is 4. The zero-order valence-corrected chi connectivity index (χ0v) is 19.1. The Hall–Kier alpha value is -4.52. The molecule has 4 N–H and O–H groups in total. The second-order valence-corrected chi connectivity index (χ2v) is 8.20. The molecule has 13 heteroatoms. The number of aromatic nitrogens is 4. The molecule has 0 fully saturated rings. The van der Waals surface area contributed by atoms with Crippen molar-refractivity contribution in [2.45, 2.75) is 25.1 Å². The molecule has 2 aromatic carbocycles. The summed E-state index contributed by atoms with van der Waals surface area (Å²) in [6.07, 6.45) is -2.60. The molecule has 3 heterocycles. The van der Waals surface area contributed by atoms with Crippen molar-refractivity contribution in [3.63, 3.8) is 0 Å². The van der Waals surface area contributed by atoms with E-state index in [0.29, 0.717) is 18.5 Å². The molecule has 0 radical (unpaired) electrons. The zero-order valence-electron chi connectivity index (χ0n) is 19.1. The first-order valence-corrected chi connectivity index (χ1v) is 11.2. The van der Waals surface area contributed by atoms with E-state index in [1.165, 1.54) is 6.20 Å². The Labute approximate surface area is 208 Å². The van der Waals surface area contributed by atoms with Crippen LogP contribution >= 0.6 is 0 Å². The molecule has 0 bridgehead atoms. The maximum Gasteiger partial charge on any atom is 0.470 e. The van der Waals surface area contributed by atoms with E-state index in [1.807, 2.05) is 12.1 Å². The number of nitrogens with zero attached hydrogens (tertiary/aromatic N) is 4. The molecule has 0 aliphatic carbocycles. The molecule has 4 aromatic rings. The highest BCUT2D eigenvalue weighted by Crippen LogP contribution is 2.34. The molecule has 0 saturated carbocycles. The number of nitrogens with one attached hydrogen (secondary N) is 3. The van der Waals surface area contributed by atoms with Gasteiger partial charge in [0.15, 0.2) is 0 Å². The fraction of sp³-hybridized carbons (Fsp3) is 0.208. The van der Waals surface area contributed by atoms with Crippen LogP contribution in [-0.4, -0.2) is 37.8 Å². The minimum Gasteiger partial charge on any atom is -0.412 e. The van der Waals surface area contributed by atoms with Crippen molar-refractivity contribution in [2.24, 2.45) is 0 Å². The van der Waals surface area contributed by atoms with Crippen LogP contribution in [0.3, 0.4) is 0 Å². The lowest BCUT2D eigenvalue weighted by Gasteiger charge is -2.20. The van der Waals surface area contributed by atoms with Gasteiger partial charge in [0.05, 0.1) is 18.2 Å². The average Bonchev–Trinajstić information content (AvgIpc) is 3.39. The Bertz CT molecular complexity index is 1430. The van der Waals surface area contributed by atoms with Gasteiger partial charge in [0.1, 0.15) is 5.82 Å². The molecular formula is C24H20F3N7O3.